The molecular formula is C32H48O10. The number of ether oxygens (including phenoxy) is 2. The Kier molecular flexibility index (Phi) is 6.12. The quantitative estimate of drug-likeness (QED) is 0.223. The molecule has 6 fully saturated rings. The van der Waals surface area contributed by atoms with Gasteiger partial charge in [0, 0.05) is 23.2 Å². The molecule has 0 radical (unpaired) electrons. The Labute approximate surface area is 246 Å². The van der Waals surface area contributed by atoms with E-state index in [0.717, 1.165) is 18.4 Å². The number of carbonyl (C=O) groups excluding carboxylic acids is 1. The van der Waals surface area contributed by atoms with E-state index in [1.807, 2.05) is 20.8 Å². The molecule has 2 spiro atoms. The van der Waals surface area contributed by atoms with Crippen LogP contribution in [0.5, 0.6) is 0 Å². The predicted molar refractivity (Wildman–Crippen MR) is 147 cm³/mol. The van der Waals surface area contributed by atoms with Crippen LogP contribution < -0.4 is 0 Å². The van der Waals surface area contributed by atoms with Crippen LogP contribution in [0, 0.1) is 44.8 Å². The van der Waals surface area contributed by atoms with Crippen LogP contribution in [0.15, 0.2) is 11.6 Å². The third-order valence-corrected chi connectivity index (χ3v) is 14.3. The molecule has 0 bridgehead atoms. The smallest absolute Gasteiger partial charge is 0.186 e. The molecule has 10 nitrogen and oxygen atoms in total. The lowest BCUT2D eigenvalue weighted by atomic mass is 9.44. The number of hydrogen-bond acceptors (Lipinski definition) is 10. The first-order chi connectivity index (χ1) is 19.5. The van der Waals surface area contributed by atoms with Gasteiger partial charge in [0.2, 0.25) is 0 Å². The molecule has 0 aromatic rings. The molecule has 10 heteroatoms. The number of rotatable bonds is 2. The summed E-state index contributed by atoms with van der Waals surface area (Å²) in [6.07, 6.45) is -3.55. The molecule has 0 aromatic heterocycles. The van der Waals surface area contributed by atoms with Crippen molar-refractivity contribution in [1.29, 1.82) is 0 Å². The normalized spacial score (nSPS) is 61.3. The fraction of sp³-hybridized carbons (Fsp3) is 0.906. The molecule has 0 amide bonds. The van der Waals surface area contributed by atoms with Crippen molar-refractivity contribution in [2.45, 2.75) is 128 Å². The Morgan fingerprint density at radius 1 is 1.02 bits per heavy atom. The van der Waals surface area contributed by atoms with Crippen molar-refractivity contribution in [2.24, 2.45) is 44.8 Å². The van der Waals surface area contributed by atoms with E-state index in [-0.39, 0.29) is 36.4 Å². The zero-order chi connectivity index (χ0) is 30.6. The van der Waals surface area contributed by atoms with Crippen LogP contribution >= 0.6 is 0 Å². The molecule has 236 valence electrons. The molecular weight excluding hydrogens is 544 g/mol. The minimum absolute atomic E-state index is 0.112. The van der Waals surface area contributed by atoms with Crippen molar-refractivity contribution in [3.63, 3.8) is 0 Å². The molecule has 1 saturated heterocycles. The second-order valence-corrected chi connectivity index (χ2v) is 16.1. The maximum Gasteiger partial charge on any atom is 0.186 e. The molecule has 1 heterocycles. The summed E-state index contributed by atoms with van der Waals surface area (Å²) in [6.45, 7) is 10.1. The number of hydrogen-bond donors (Lipinski definition) is 7. The van der Waals surface area contributed by atoms with Crippen molar-refractivity contribution in [3.8, 4) is 0 Å². The van der Waals surface area contributed by atoms with E-state index in [9.17, 15) is 40.5 Å². The highest BCUT2D eigenvalue weighted by Crippen LogP contribution is 2.88. The van der Waals surface area contributed by atoms with Crippen molar-refractivity contribution in [3.05, 3.63) is 11.6 Å². The predicted octanol–water partition coefficient (Wildman–Crippen LogP) is 0.422. The van der Waals surface area contributed by atoms with Gasteiger partial charge in [-0.15, -0.1) is 0 Å². The Bertz CT molecular complexity index is 1220. The number of carbonyl (C=O) groups is 1. The van der Waals surface area contributed by atoms with Crippen molar-refractivity contribution >= 4 is 5.78 Å². The highest BCUT2D eigenvalue weighted by atomic mass is 16.7. The second-order valence-electron chi connectivity index (χ2n) is 16.1. The summed E-state index contributed by atoms with van der Waals surface area (Å²) in [5.74, 6) is -1.16. The average molecular weight is 593 g/mol. The molecule has 16 atom stereocenters. The van der Waals surface area contributed by atoms with Crippen molar-refractivity contribution in [1.82, 2.24) is 0 Å². The SMILES string of the molecule is C[C@@H]1CC(=O)[C@H](O)[C@]2(O)[C@H]1[C@@]1(C)C[C@H](O)[C@@]34C[C@@]35CC[C@H](O[C@@H]3OC[C@@H](O)[C@H](O)[C@H]3O)C(C)(C)C5CC=C4[C@]1(C)[C@H]2O. The number of fused-ring (bicyclic) bond motifs is 4. The van der Waals surface area contributed by atoms with Crippen LogP contribution in [0.1, 0.15) is 73.1 Å². The van der Waals surface area contributed by atoms with E-state index in [1.54, 1.807) is 0 Å². The molecule has 1 aliphatic heterocycles. The average Bonchev–Trinajstić information content (AvgIpc) is 3.58. The molecule has 7 aliphatic rings. The lowest BCUT2D eigenvalue weighted by Gasteiger charge is -2.61. The van der Waals surface area contributed by atoms with E-state index in [1.165, 1.54) is 0 Å². The summed E-state index contributed by atoms with van der Waals surface area (Å²) >= 11 is 0. The lowest BCUT2D eigenvalue weighted by molar-refractivity contribution is -0.301. The number of aliphatic hydroxyl groups is 7. The monoisotopic (exact) mass is 592 g/mol. The van der Waals surface area contributed by atoms with Crippen LogP contribution in [-0.2, 0) is 14.3 Å². The minimum atomic E-state index is -1.99. The first kappa shape index (κ1) is 29.7. The van der Waals surface area contributed by atoms with Gasteiger partial charge in [0.1, 0.15) is 30.0 Å². The Morgan fingerprint density at radius 3 is 2.40 bits per heavy atom. The van der Waals surface area contributed by atoms with Gasteiger partial charge in [-0.05, 0) is 60.2 Å². The van der Waals surface area contributed by atoms with Crippen molar-refractivity contribution < 1.29 is 50.0 Å². The third kappa shape index (κ3) is 3.05. The van der Waals surface area contributed by atoms with E-state index in [2.05, 4.69) is 19.9 Å². The maximum absolute atomic E-state index is 12.8. The maximum atomic E-state index is 12.8. The molecule has 0 aromatic carbocycles. The van der Waals surface area contributed by atoms with E-state index in [4.69, 9.17) is 9.47 Å². The summed E-state index contributed by atoms with van der Waals surface area (Å²) in [7, 11) is 0. The Balaban J connectivity index is 1.25. The van der Waals surface area contributed by atoms with Crippen molar-refractivity contribution in [2.75, 3.05) is 6.61 Å². The van der Waals surface area contributed by atoms with Crippen LogP contribution in [0.4, 0.5) is 0 Å². The van der Waals surface area contributed by atoms with E-state index in [0.29, 0.717) is 19.3 Å². The fourth-order valence-electron chi connectivity index (χ4n) is 12.3. The number of allylic oxidation sites excluding steroid dienone is 1. The molecule has 7 rings (SSSR count). The van der Waals surface area contributed by atoms with E-state index >= 15 is 0 Å². The lowest BCUT2D eigenvalue weighted by Crippen LogP contribution is -2.63. The molecule has 6 aliphatic carbocycles. The van der Waals surface area contributed by atoms with Gasteiger partial charge in [-0.1, -0.05) is 46.3 Å². The molecule has 42 heavy (non-hydrogen) atoms. The number of Topliss-reactive ketones (excluding diaryl/α,β-unsaturated/α-hetero) is 1. The highest BCUT2D eigenvalue weighted by Gasteiger charge is 2.87. The topological polar surface area (TPSA) is 177 Å². The molecule has 5 saturated carbocycles. The van der Waals surface area contributed by atoms with Gasteiger partial charge in [0.25, 0.3) is 0 Å². The van der Waals surface area contributed by atoms with Gasteiger partial charge in [0.05, 0.1) is 24.9 Å². The van der Waals surface area contributed by atoms with Crippen LogP contribution in [-0.4, -0.2) is 103 Å². The van der Waals surface area contributed by atoms with Gasteiger partial charge in [-0.25, -0.2) is 0 Å². The fourth-order valence-corrected chi connectivity index (χ4v) is 12.3. The second kappa shape index (κ2) is 8.65. The standard InChI is InChI=1S/C32H48O10/c1-14-10-15(33)24(38)32(40)23(14)28(4)11-19(35)31-13-30(31)9-8-20(42-25-22(37)21(36)16(34)12-41-25)27(2,3)17(30)6-7-18(31)29(28,5)26(32)39/h7,14,16-17,19-26,34-40H,6,8-13H2,1-5H3/t14-,16-,17?,19+,20+,21+,22-,23-,24+,25+,26-,28-,29-,30-,31+,32-/m1/s1. The summed E-state index contributed by atoms with van der Waals surface area (Å²) < 4.78 is 11.9. The van der Waals surface area contributed by atoms with Crippen LogP contribution in [0.3, 0.4) is 0 Å². The minimum Gasteiger partial charge on any atom is -0.392 e. The van der Waals surface area contributed by atoms with Crippen LogP contribution in [0.2, 0.25) is 0 Å². The first-order valence-corrected chi connectivity index (χ1v) is 15.8. The zero-order valence-electron chi connectivity index (χ0n) is 25.2. The number of aliphatic hydroxyl groups excluding tert-OH is 6. The van der Waals surface area contributed by atoms with Gasteiger partial charge in [-0.2, -0.15) is 0 Å². The third-order valence-electron chi connectivity index (χ3n) is 14.3. The van der Waals surface area contributed by atoms with Gasteiger partial charge >= 0.3 is 0 Å². The Morgan fingerprint density at radius 2 is 1.71 bits per heavy atom. The van der Waals surface area contributed by atoms with E-state index < -0.39 is 81.9 Å². The molecule has 1 unspecified atom stereocenters. The van der Waals surface area contributed by atoms with Gasteiger partial charge in [-0.3, -0.25) is 4.79 Å². The summed E-state index contributed by atoms with van der Waals surface area (Å²) in [5, 5.41) is 77.9. The Hall–Kier alpha value is -0.950. The van der Waals surface area contributed by atoms with Gasteiger partial charge < -0.3 is 45.2 Å². The zero-order valence-corrected chi connectivity index (χ0v) is 25.2. The summed E-state index contributed by atoms with van der Waals surface area (Å²) in [6, 6.07) is 0. The first-order valence-electron chi connectivity index (χ1n) is 15.8. The summed E-state index contributed by atoms with van der Waals surface area (Å²) in [5.41, 5.74) is -3.95. The number of ketones is 1. The van der Waals surface area contributed by atoms with Crippen LogP contribution in [0.25, 0.3) is 0 Å². The molecule has 7 N–H and O–H groups in total. The van der Waals surface area contributed by atoms with Gasteiger partial charge in [0.15, 0.2) is 12.1 Å². The summed E-state index contributed by atoms with van der Waals surface area (Å²) in [4.78, 5) is 12.8. The largest absolute Gasteiger partial charge is 0.392 e. The highest BCUT2D eigenvalue weighted by molar-refractivity contribution is 5.86.